The molecule has 5 N–H and O–H groups in total. The molecule has 0 aliphatic carbocycles. The first kappa shape index (κ1) is 50.7. The number of aromatic hydroxyl groups is 2. The molecule has 0 fully saturated rings. The van der Waals surface area contributed by atoms with Gasteiger partial charge in [0, 0.05) is 41.1 Å². The highest BCUT2D eigenvalue weighted by Gasteiger charge is 2.35. The number of phenolic OH excluding ortho intramolecular Hbond substituents is 2. The number of hydrogen-bond donors (Lipinski definition) is 4. The van der Waals surface area contributed by atoms with Crippen LogP contribution in [-0.2, 0) is 0 Å². The van der Waals surface area contributed by atoms with Gasteiger partial charge in [-0.2, -0.15) is 30.7 Å². The van der Waals surface area contributed by atoms with Crippen LogP contribution in [0.2, 0.25) is 0 Å². The van der Waals surface area contributed by atoms with Crippen LogP contribution >= 0.6 is 0 Å². The van der Waals surface area contributed by atoms with Gasteiger partial charge >= 0.3 is 6.18 Å². The Labute approximate surface area is 377 Å². The van der Waals surface area contributed by atoms with Gasteiger partial charge in [0.1, 0.15) is 34.2 Å². The maximum atomic E-state index is 15.1. The van der Waals surface area contributed by atoms with Crippen molar-refractivity contribution in [1.82, 2.24) is 19.9 Å². The van der Waals surface area contributed by atoms with Crippen molar-refractivity contribution in [2.45, 2.75) is 19.1 Å². The number of phenols is 2. The third-order valence-electron chi connectivity index (χ3n) is 8.94. The van der Waals surface area contributed by atoms with E-state index in [1.165, 1.54) is 31.5 Å². The first-order valence-corrected chi connectivity index (χ1v) is 19.3. The van der Waals surface area contributed by atoms with Crippen LogP contribution in [0.4, 0.5) is 59.9 Å². The Kier molecular flexibility index (Phi) is 17.0. The average molecular weight is 959 g/mol. The van der Waals surface area contributed by atoms with Crippen LogP contribution in [0.25, 0.3) is 21.8 Å². The second-order valence-corrected chi connectivity index (χ2v) is 13.4. The Hall–Kier alpha value is -8.30. The molecule has 4 heterocycles. The molecule has 0 bridgehead atoms. The summed E-state index contributed by atoms with van der Waals surface area (Å²) in [6, 6.07) is 24.0. The van der Waals surface area contributed by atoms with Crippen molar-refractivity contribution >= 4 is 39.7 Å². The van der Waals surface area contributed by atoms with Crippen LogP contribution in [0.1, 0.15) is 34.5 Å². The number of nitrogens with one attached hydrogen (secondary N) is 1. The summed E-state index contributed by atoms with van der Waals surface area (Å²) in [5, 5.41) is 24.4. The van der Waals surface area contributed by atoms with Crippen LogP contribution in [0, 0.1) is 46.5 Å². The molecule has 0 amide bonds. The lowest BCUT2D eigenvalue weighted by molar-refractivity contribution is -0.154. The van der Waals surface area contributed by atoms with Gasteiger partial charge in [-0.25, -0.2) is 27.5 Å². The quantitative estimate of drug-likeness (QED) is 0.0618. The molecular weight excluding hydrogens is 926 g/mol. The lowest BCUT2D eigenvalue weighted by Gasteiger charge is -2.24. The number of anilines is 2. The topological polar surface area (TPSA) is 166 Å². The highest BCUT2D eigenvalue weighted by Crippen LogP contribution is 2.41. The predicted octanol–water partition coefficient (Wildman–Crippen LogP) is 11.1. The number of carbonyl (C=O) groups excluding carboxylic acids is 1. The van der Waals surface area contributed by atoms with Crippen molar-refractivity contribution in [3.63, 3.8) is 0 Å². The first-order valence-electron chi connectivity index (χ1n) is 19.3. The normalized spacial score (nSPS) is 11.2. The number of hydrogen-bond acceptors (Lipinski definition) is 11. The summed E-state index contributed by atoms with van der Waals surface area (Å²) in [6.07, 6.45) is 0.731. The molecular formula is C46H33F11N6O5. The number of nitrogens with two attached hydrogens (primary N) is 1. The number of fused-ring (bicyclic) bond motifs is 2. The van der Waals surface area contributed by atoms with Crippen molar-refractivity contribution in [2.75, 3.05) is 24.3 Å². The molecule has 4 aromatic heterocycles. The highest BCUT2D eigenvalue weighted by molar-refractivity contribution is 5.86. The number of aromatic nitrogens is 4. The second kappa shape index (κ2) is 22.7. The Morgan fingerprint density at radius 1 is 0.618 bits per heavy atom. The fourth-order valence-corrected chi connectivity index (χ4v) is 5.91. The average Bonchev–Trinajstić information content (AvgIpc) is 3.33. The minimum atomic E-state index is -4.95. The van der Waals surface area contributed by atoms with Crippen LogP contribution in [0.3, 0.4) is 0 Å². The van der Waals surface area contributed by atoms with Gasteiger partial charge in [-0.05, 0) is 49.4 Å². The summed E-state index contributed by atoms with van der Waals surface area (Å²) in [4.78, 5) is 26.1. The number of halogens is 11. The number of nitrogens with zero attached hydrogens (tertiary/aromatic N) is 4. The summed E-state index contributed by atoms with van der Waals surface area (Å²) in [6.45, 7) is -0.910. The smallest absolute Gasteiger partial charge is 0.422 e. The molecule has 354 valence electrons. The van der Waals surface area contributed by atoms with E-state index in [-0.39, 0.29) is 29.3 Å². The number of aldehydes is 1. The molecule has 0 aliphatic heterocycles. The fourth-order valence-electron chi connectivity index (χ4n) is 5.91. The maximum absolute atomic E-state index is 15.1. The molecule has 8 aromatic rings. The van der Waals surface area contributed by atoms with Gasteiger partial charge in [0.05, 0.1) is 23.8 Å². The third kappa shape index (κ3) is 12.1. The number of carbonyl (C=O) groups is 1. The van der Waals surface area contributed by atoms with E-state index in [0.717, 1.165) is 5.39 Å². The minimum absolute atomic E-state index is 0.0531. The summed E-state index contributed by atoms with van der Waals surface area (Å²) in [7, 11) is 0. The van der Waals surface area contributed by atoms with Gasteiger partial charge in [-0.15, -0.1) is 0 Å². The number of para-hydroxylation sites is 1. The SMILES string of the molecule is CCOc1c(F)c(F)c(C(Nc2ccccn2)c2ccc3cccnc3c2O)c(F)c1F.Nc1ccccn1.O=Cc1c(F)c(F)c(OCC(F)(F)F)c(F)c1F.Oc1cccc2cccnc12. The predicted molar refractivity (Wildman–Crippen MR) is 226 cm³/mol. The Morgan fingerprint density at radius 3 is 1.65 bits per heavy atom. The highest BCUT2D eigenvalue weighted by atomic mass is 19.4. The van der Waals surface area contributed by atoms with E-state index in [4.69, 9.17) is 10.5 Å². The standard InChI is InChI=1S/C23H17F4N3O2.C9H3F7O2.C9H7NO.C5H6N2/c1-2-32-23-18(26)16(24)15(17(25)19(23)27)21(30-14-7-3-4-10-28-14)13-9-8-12-6-5-11-29-20(12)22(13)31;10-4-3(1-17)5(11)7(13)8(6(4)12)18-2-9(14,15)16;11-8-5-1-3-7-4-2-6-10-9(7)8;6-5-3-1-2-4-7-5/h3-11,21,31H,2H2,1H3,(H,28,30);1H,2H2;1-6,11H;1-4H,(H2,6,7). The molecule has 1 atom stereocenters. The summed E-state index contributed by atoms with van der Waals surface area (Å²) >= 11 is 0. The van der Waals surface area contributed by atoms with E-state index < -0.39 is 100 Å². The van der Waals surface area contributed by atoms with Crippen LogP contribution in [0.15, 0.2) is 116 Å². The lowest BCUT2D eigenvalue weighted by Crippen LogP contribution is -2.21. The van der Waals surface area contributed by atoms with E-state index >= 15 is 8.78 Å². The molecule has 0 saturated carbocycles. The Bertz CT molecular complexity index is 2950. The number of pyridine rings is 4. The number of rotatable bonds is 9. The van der Waals surface area contributed by atoms with Gasteiger partial charge in [-0.1, -0.05) is 48.5 Å². The van der Waals surface area contributed by atoms with Gasteiger partial charge in [-0.3, -0.25) is 14.8 Å². The molecule has 1 unspecified atom stereocenters. The fraction of sp³-hybridized carbons (Fsp3) is 0.109. The number of alkyl halides is 3. The molecule has 0 saturated heterocycles. The molecule has 22 heteroatoms. The van der Waals surface area contributed by atoms with Gasteiger partial charge < -0.3 is 30.7 Å². The zero-order valence-corrected chi connectivity index (χ0v) is 34.7. The van der Waals surface area contributed by atoms with E-state index in [1.54, 1.807) is 60.9 Å². The molecule has 0 spiro atoms. The molecule has 8 rings (SSSR count). The zero-order chi connectivity index (χ0) is 49.7. The summed E-state index contributed by atoms with van der Waals surface area (Å²) in [5.41, 5.74) is 3.48. The van der Waals surface area contributed by atoms with Gasteiger partial charge in [0.2, 0.25) is 23.3 Å². The molecule has 68 heavy (non-hydrogen) atoms. The number of nitrogen functional groups attached to an aromatic ring is 1. The zero-order valence-electron chi connectivity index (χ0n) is 34.7. The summed E-state index contributed by atoms with van der Waals surface area (Å²) < 4.78 is 155. The third-order valence-corrected chi connectivity index (χ3v) is 8.94. The van der Waals surface area contributed by atoms with Crippen molar-refractivity contribution in [3.8, 4) is 23.0 Å². The van der Waals surface area contributed by atoms with Gasteiger partial charge in [0.25, 0.3) is 0 Å². The molecule has 11 nitrogen and oxygen atoms in total. The minimum Gasteiger partial charge on any atom is -0.506 e. The summed E-state index contributed by atoms with van der Waals surface area (Å²) in [5.74, 6) is -17.8. The molecule has 0 aliphatic rings. The van der Waals surface area contributed by atoms with Crippen LogP contribution < -0.4 is 20.5 Å². The van der Waals surface area contributed by atoms with Crippen molar-refractivity contribution in [1.29, 1.82) is 0 Å². The van der Waals surface area contributed by atoms with E-state index in [9.17, 15) is 54.5 Å². The van der Waals surface area contributed by atoms with E-state index in [0.29, 0.717) is 16.7 Å². The second-order valence-electron chi connectivity index (χ2n) is 13.4. The lowest BCUT2D eigenvalue weighted by atomic mass is 9.94. The van der Waals surface area contributed by atoms with E-state index in [1.807, 2.05) is 30.3 Å². The van der Waals surface area contributed by atoms with Gasteiger partial charge in [0.15, 0.2) is 47.7 Å². The molecule has 4 aromatic carbocycles. The van der Waals surface area contributed by atoms with Crippen LogP contribution in [0.5, 0.6) is 23.0 Å². The van der Waals surface area contributed by atoms with Crippen molar-refractivity contribution in [3.05, 3.63) is 179 Å². The first-order chi connectivity index (χ1) is 32.4. The van der Waals surface area contributed by atoms with Crippen molar-refractivity contribution in [2.24, 2.45) is 0 Å². The Morgan fingerprint density at radius 2 is 1.15 bits per heavy atom. The monoisotopic (exact) mass is 958 g/mol. The maximum Gasteiger partial charge on any atom is 0.422 e. The largest absolute Gasteiger partial charge is 0.506 e. The number of ether oxygens (including phenoxy) is 2. The molecule has 0 radical (unpaired) electrons. The van der Waals surface area contributed by atoms with Crippen LogP contribution in [-0.4, -0.2) is 55.8 Å². The van der Waals surface area contributed by atoms with Crippen molar-refractivity contribution < 1.29 is 72.8 Å². The Balaban J connectivity index is 0.000000199. The van der Waals surface area contributed by atoms with E-state index in [2.05, 4.69) is 30.0 Å². The number of benzene rings is 4.